The van der Waals surface area contributed by atoms with E-state index >= 15 is 0 Å². The molecule has 3 atom stereocenters. The summed E-state index contributed by atoms with van der Waals surface area (Å²) >= 11 is 0. The number of hydrogen-bond donors (Lipinski definition) is 1. The van der Waals surface area contributed by atoms with E-state index in [1.54, 1.807) is 16.6 Å². The van der Waals surface area contributed by atoms with E-state index in [4.69, 9.17) is 24.7 Å². The van der Waals surface area contributed by atoms with Gasteiger partial charge in [-0.05, 0) is 60.6 Å². The zero-order valence-electron chi connectivity index (χ0n) is 23.2. The first-order valence-electron chi connectivity index (χ1n) is 12.4. The van der Waals surface area contributed by atoms with Crippen LogP contribution in [0.3, 0.4) is 0 Å². The number of nitrogens with zero attached hydrogens (tertiary/aromatic N) is 4. The smallest absolute Gasteiger partial charge is 0.220 e. The molecule has 0 aromatic carbocycles. The van der Waals surface area contributed by atoms with E-state index in [0.717, 1.165) is 16.7 Å². The van der Waals surface area contributed by atoms with Gasteiger partial charge in [0.2, 0.25) is 5.60 Å². The largest absolute Gasteiger partial charge is 0.382 e. The summed E-state index contributed by atoms with van der Waals surface area (Å²) in [5.41, 5.74) is 9.03. The molecule has 202 valence electrons. The molecule has 9 nitrogen and oxygen atoms in total. The second-order valence-electron chi connectivity index (χ2n) is 9.69. The number of fused-ring (bicyclic) bond motifs is 1. The van der Waals surface area contributed by atoms with E-state index in [0.29, 0.717) is 36.8 Å². The molecule has 2 aromatic heterocycles. The third-order valence-electron chi connectivity index (χ3n) is 5.61. The standard InChI is InChI=1S/C28H41N5O4/c1-20(2)10-13-34-16-25(23(7)36-15-12-22(5)6)37-28(17-29,18-35-14-11-21(3)4)26-9-8-24-27(30)31-19-32-33(24)26/h8-12,19,23,25H,13-16,18H2,1-7H3,(H2,30,31,32)/t23-,25+,28+/m0/s1. The fraction of sp³-hybridized carbons (Fsp3) is 0.536. The van der Waals surface area contributed by atoms with Crippen LogP contribution >= 0.6 is 0 Å². The molecule has 0 radical (unpaired) electrons. The molecule has 0 saturated carbocycles. The van der Waals surface area contributed by atoms with Crippen LogP contribution in [0.15, 0.2) is 53.4 Å². The van der Waals surface area contributed by atoms with Gasteiger partial charge >= 0.3 is 0 Å². The van der Waals surface area contributed by atoms with Gasteiger partial charge in [0, 0.05) is 0 Å². The molecule has 37 heavy (non-hydrogen) atoms. The van der Waals surface area contributed by atoms with Gasteiger partial charge in [-0.15, -0.1) is 0 Å². The molecule has 0 aliphatic rings. The summed E-state index contributed by atoms with van der Waals surface area (Å²) in [5, 5.41) is 14.9. The Morgan fingerprint density at radius 2 is 1.65 bits per heavy atom. The van der Waals surface area contributed by atoms with Gasteiger partial charge in [0.15, 0.2) is 5.82 Å². The number of nitrogen functional groups attached to an aromatic ring is 1. The van der Waals surface area contributed by atoms with Crippen LogP contribution < -0.4 is 5.73 Å². The highest BCUT2D eigenvalue weighted by Gasteiger charge is 2.41. The van der Waals surface area contributed by atoms with Crippen molar-refractivity contribution in [1.82, 2.24) is 14.6 Å². The van der Waals surface area contributed by atoms with Crippen molar-refractivity contribution >= 4 is 11.3 Å². The molecule has 2 heterocycles. The van der Waals surface area contributed by atoms with Crippen molar-refractivity contribution in [3.63, 3.8) is 0 Å². The minimum atomic E-state index is -1.51. The second kappa shape index (κ2) is 14.6. The van der Waals surface area contributed by atoms with Crippen molar-refractivity contribution in [2.75, 3.05) is 38.8 Å². The first-order valence-corrected chi connectivity index (χ1v) is 12.4. The van der Waals surface area contributed by atoms with Crippen LogP contribution in [0.4, 0.5) is 5.82 Å². The molecular formula is C28H41N5O4. The van der Waals surface area contributed by atoms with Gasteiger partial charge in [0.05, 0.1) is 44.8 Å². The summed E-state index contributed by atoms with van der Waals surface area (Å²) in [5.74, 6) is 0.304. The predicted molar refractivity (Wildman–Crippen MR) is 145 cm³/mol. The summed E-state index contributed by atoms with van der Waals surface area (Å²) in [6.07, 6.45) is 6.34. The minimum Gasteiger partial charge on any atom is -0.382 e. The van der Waals surface area contributed by atoms with Crippen molar-refractivity contribution in [3.05, 3.63) is 59.1 Å². The maximum absolute atomic E-state index is 10.6. The van der Waals surface area contributed by atoms with E-state index in [1.165, 1.54) is 6.33 Å². The lowest BCUT2D eigenvalue weighted by molar-refractivity contribution is -0.164. The highest BCUT2D eigenvalue weighted by atomic mass is 16.6. The first kappa shape index (κ1) is 30.2. The van der Waals surface area contributed by atoms with Crippen LogP contribution in [0.2, 0.25) is 0 Å². The molecule has 9 heteroatoms. The summed E-state index contributed by atoms with van der Waals surface area (Å²) in [7, 11) is 0. The van der Waals surface area contributed by atoms with Gasteiger partial charge < -0.3 is 24.7 Å². The molecule has 0 bridgehead atoms. The van der Waals surface area contributed by atoms with Crippen LogP contribution in [-0.2, 0) is 24.5 Å². The maximum Gasteiger partial charge on any atom is 0.220 e. The highest BCUT2D eigenvalue weighted by molar-refractivity contribution is 5.65. The van der Waals surface area contributed by atoms with Gasteiger partial charge in [-0.2, -0.15) is 10.4 Å². The first-order chi connectivity index (χ1) is 17.6. The number of anilines is 1. The number of allylic oxidation sites excluding steroid dienone is 3. The number of hydrogen-bond acceptors (Lipinski definition) is 8. The van der Waals surface area contributed by atoms with Gasteiger partial charge in [0.1, 0.15) is 24.0 Å². The van der Waals surface area contributed by atoms with Crippen LogP contribution in [0.25, 0.3) is 5.52 Å². The Bertz CT molecular complexity index is 1140. The summed E-state index contributed by atoms with van der Waals surface area (Å²) < 4.78 is 26.1. The lowest BCUT2D eigenvalue weighted by Gasteiger charge is -2.33. The Morgan fingerprint density at radius 1 is 1.03 bits per heavy atom. The summed E-state index contributed by atoms with van der Waals surface area (Å²) in [6, 6.07) is 5.90. The van der Waals surface area contributed by atoms with Crippen LogP contribution in [-0.4, -0.2) is 59.8 Å². The quantitative estimate of drug-likeness (QED) is 0.269. The fourth-order valence-corrected chi connectivity index (χ4v) is 3.38. The van der Waals surface area contributed by atoms with Crippen molar-refractivity contribution in [2.24, 2.45) is 0 Å². The van der Waals surface area contributed by atoms with Gasteiger partial charge in [-0.1, -0.05) is 34.9 Å². The fourth-order valence-electron chi connectivity index (χ4n) is 3.38. The van der Waals surface area contributed by atoms with E-state index in [2.05, 4.69) is 16.2 Å². The molecule has 0 spiro atoms. The molecule has 0 aliphatic heterocycles. The molecule has 0 fully saturated rings. The average molecular weight is 512 g/mol. The number of aromatic nitrogens is 3. The minimum absolute atomic E-state index is 0.0333. The zero-order chi connectivity index (χ0) is 27.4. The maximum atomic E-state index is 10.6. The predicted octanol–water partition coefficient (Wildman–Crippen LogP) is 4.75. The number of nitrogens with two attached hydrogens (primary N) is 1. The Balaban J connectivity index is 2.45. The topological polar surface area (TPSA) is 117 Å². The average Bonchev–Trinajstić information content (AvgIpc) is 3.28. The monoisotopic (exact) mass is 511 g/mol. The number of rotatable bonds is 15. The van der Waals surface area contributed by atoms with Gasteiger partial charge in [0.25, 0.3) is 0 Å². The molecule has 2 N–H and O–H groups in total. The van der Waals surface area contributed by atoms with Crippen molar-refractivity contribution < 1.29 is 18.9 Å². The summed E-state index contributed by atoms with van der Waals surface area (Å²) in [6.45, 7) is 15.3. The molecule has 2 rings (SSSR count). The Kier molecular flexibility index (Phi) is 12.0. The van der Waals surface area contributed by atoms with E-state index in [-0.39, 0.29) is 19.3 Å². The lowest BCUT2D eigenvalue weighted by Crippen LogP contribution is -2.45. The Morgan fingerprint density at radius 3 is 2.27 bits per heavy atom. The third kappa shape index (κ3) is 9.09. The van der Waals surface area contributed by atoms with Crippen molar-refractivity contribution in [1.29, 1.82) is 5.26 Å². The molecular weight excluding hydrogens is 470 g/mol. The third-order valence-corrected chi connectivity index (χ3v) is 5.61. The summed E-state index contributed by atoms with van der Waals surface area (Å²) in [4.78, 5) is 4.06. The van der Waals surface area contributed by atoms with Crippen molar-refractivity contribution in [3.8, 4) is 6.07 Å². The van der Waals surface area contributed by atoms with Gasteiger partial charge in [-0.3, -0.25) is 0 Å². The Hall–Kier alpha value is -3.03. The molecule has 0 amide bonds. The van der Waals surface area contributed by atoms with E-state index in [1.807, 2.05) is 66.7 Å². The molecule has 0 unspecified atom stereocenters. The Labute approximate surface area is 220 Å². The lowest BCUT2D eigenvalue weighted by atomic mass is 10.0. The highest BCUT2D eigenvalue weighted by Crippen LogP contribution is 2.31. The van der Waals surface area contributed by atoms with Crippen LogP contribution in [0.5, 0.6) is 0 Å². The SMILES string of the molecule is CC(C)=CCOC[C@@H](O[C@](C#N)(COCC=C(C)C)c1ccc2c(N)ncnn12)[C@H](C)OCC=C(C)C. The van der Waals surface area contributed by atoms with Crippen LogP contribution in [0, 0.1) is 11.3 Å². The number of nitriles is 1. The molecule has 0 aliphatic carbocycles. The van der Waals surface area contributed by atoms with Gasteiger partial charge in [-0.25, -0.2) is 9.50 Å². The molecule has 0 saturated heterocycles. The van der Waals surface area contributed by atoms with Crippen LogP contribution in [0.1, 0.15) is 54.2 Å². The number of ether oxygens (including phenoxy) is 4. The zero-order valence-corrected chi connectivity index (χ0v) is 23.2. The normalized spacial score (nSPS) is 14.3. The molecule has 2 aromatic rings. The van der Waals surface area contributed by atoms with E-state index in [9.17, 15) is 5.26 Å². The van der Waals surface area contributed by atoms with E-state index < -0.39 is 11.7 Å². The second-order valence-corrected chi connectivity index (χ2v) is 9.69. The van der Waals surface area contributed by atoms with Crippen molar-refractivity contribution in [2.45, 2.75) is 66.3 Å².